The van der Waals surface area contributed by atoms with Gasteiger partial charge < -0.3 is 15.2 Å². The lowest BCUT2D eigenvalue weighted by molar-refractivity contribution is 0.0543. The second-order valence-electron chi connectivity index (χ2n) is 6.69. The van der Waals surface area contributed by atoms with Gasteiger partial charge in [0.1, 0.15) is 29.4 Å². The Bertz CT molecular complexity index is 640. The van der Waals surface area contributed by atoms with Crippen LogP contribution >= 0.6 is 0 Å². The van der Waals surface area contributed by atoms with Crippen LogP contribution in [0.25, 0.3) is 0 Å². The maximum absolute atomic E-state index is 14.1. The monoisotopic (exact) mass is 323 g/mol. The first-order valence-electron chi connectivity index (χ1n) is 7.31. The maximum Gasteiger partial charge on any atom is 0.413 e. The number of nitrogens with two attached hydrogens (primary N) is 1. The summed E-state index contributed by atoms with van der Waals surface area (Å²) in [6.07, 6.45) is -0.628. The molecule has 6 nitrogen and oxygen atoms in total. The van der Waals surface area contributed by atoms with Crippen molar-refractivity contribution in [2.75, 3.05) is 18.9 Å². The maximum atomic E-state index is 14.1. The first-order valence-corrected chi connectivity index (χ1v) is 7.31. The quantitative estimate of drug-likeness (QED) is 0.778. The molecule has 0 bridgehead atoms. The lowest BCUT2D eigenvalue weighted by Gasteiger charge is -2.31. The number of ether oxygens (including phenoxy) is 2. The van der Waals surface area contributed by atoms with E-state index in [1.54, 1.807) is 27.7 Å². The molecule has 2 rings (SSSR count). The summed E-state index contributed by atoms with van der Waals surface area (Å²) in [4.78, 5) is 16.3. The van der Waals surface area contributed by atoms with Gasteiger partial charge in [0.2, 0.25) is 0 Å². The molecule has 0 unspecified atom stereocenters. The highest BCUT2D eigenvalue weighted by Crippen LogP contribution is 2.31. The van der Waals surface area contributed by atoms with E-state index in [2.05, 4.69) is 10.3 Å². The number of hydrogen-bond acceptors (Lipinski definition) is 5. The summed E-state index contributed by atoms with van der Waals surface area (Å²) in [6, 6.07) is 4.30. The van der Waals surface area contributed by atoms with Crippen LogP contribution in [-0.2, 0) is 15.0 Å². The van der Waals surface area contributed by atoms with Gasteiger partial charge in [-0.2, -0.15) is 0 Å². The van der Waals surface area contributed by atoms with Crippen LogP contribution in [0.15, 0.2) is 23.2 Å². The summed E-state index contributed by atoms with van der Waals surface area (Å²) in [7, 11) is 0. The van der Waals surface area contributed by atoms with Crippen molar-refractivity contribution < 1.29 is 18.7 Å². The van der Waals surface area contributed by atoms with Crippen molar-refractivity contribution in [2.45, 2.75) is 38.8 Å². The lowest BCUT2D eigenvalue weighted by Crippen LogP contribution is -2.44. The normalized spacial score (nSPS) is 21.5. The van der Waals surface area contributed by atoms with Crippen molar-refractivity contribution >= 4 is 17.6 Å². The Hall–Kier alpha value is -2.15. The molecule has 0 fully saturated rings. The number of aliphatic imine (C=N–C) groups is 1. The number of rotatable bonds is 1. The van der Waals surface area contributed by atoms with Crippen molar-refractivity contribution in [1.82, 2.24) is 5.32 Å². The van der Waals surface area contributed by atoms with Crippen LogP contribution < -0.4 is 11.1 Å². The number of nitrogens with zero attached hydrogens (tertiary/aromatic N) is 1. The van der Waals surface area contributed by atoms with Crippen molar-refractivity contribution in [1.29, 1.82) is 0 Å². The van der Waals surface area contributed by atoms with Gasteiger partial charge >= 0.3 is 6.09 Å². The zero-order valence-electron chi connectivity index (χ0n) is 13.8. The summed E-state index contributed by atoms with van der Waals surface area (Å²) in [6.45, 7) is 7.32. The van der Waals surface area contributed by atoms with E-state index < -0.39 is 23.1 Å². The highest BCUT2D eigenvalue weighted by atomic mass is 19.1. The van der Waals surface area contributed by atoms with Crippen LogP contribution in [0, 0.1) is 5.82 Å². The summed E-state index contributed by atoms with van der Waals surface area (Å²) in [5.41, 5.74) is 4.90. The minimum absolute atomic E-state index is 0.124. The molecule has 1 aliphatic heterocycles. The molecule has 1 aromatic carbocycles. The number of amides is 1. The summed E-state index contributed by atoms with van der Waals surface area (Å²) >= 11 is 0. The second-order valence-corrected chi connectivity index (χ2v) is 6.69. The first kappa shape index (κ1) is 17.2. The van der Waals surface area contributed by atoms with E-state index in [1.165, 1.54) is 18.2 Å². The largest absolute Gasteiger partial charge is 0.444 e. The number of nitrogens with one attached hydrogen (secondary N) is 1. The van der Waals surface area contributed by atoms with Crippen LogP contribution in [0.5, 0.6) is 0 Å². The van der Waals surface area contributed by atoms with Crippen molar-refractivity contribution in [3.8, 4) is 0 Å². The fraction of sp³-hybridized carbons (Fsp3) is 0.500. The molecule has 0 aliphatic carbocycles. The molecular formula is C16H22FN3O3. The third-order valence-corrected chi connectivity index (χ3v) is 3.22. The SMILES string of the molecule is CC(C)(C)OC(=O)NC1=N[C@@](C)(c2cc(N)ccc2F)COC1. The minimum atomic E-state index is -0.970. The highest BCUT2D eigenvalue weighted by molar-refractivity contribution is 5.96. The van der Waals surface area contributed by atoms with E-state index in [9.17, 15) is 9.18 Å². The van der Waals surface area contributed by atoms with E-state index in [4.69, 9.17) is 15.2 Å². The first-order chi connectivity index (χ1) is 10.6. The molecule has 1 amide bonds. The van der Waals surface area contributed by atoms with Crippen LogP contribution in [0.2, 0.25) is 0 Å². The van der Waals surface area contributed by atoms with Crippen LogP contribution in [0.1, 0.15) is 33.3 Å². The molecule has 126 valence electrons. The molecule has 7 heteroatoms. The topological polar surface area (TPSA) is 85.9 Å². The molecule has 1 aromatic rings. The molecule has 3 N–H and O–H groups in total. The fourth-order valence-corrected chi connectivity index (χ4v) is 2.29. The number of carbonyl (C=O) groups is 1. The number of halogens is 1. The van der Waals surface area contributed by atoms with Gasteiger partial charge in [-0.05, 0) is 45.9 Å². The highest BCUT2D eigenvalue weighted by Gasteiger charge is 2.34. The van der Waals surface area contributed by atoms with Gasteiger partial charge in [-0.3, -0.25) is 10.3 Å². The lowest BCUT2D eigenvalue weighted by atomic mass is 9.92. The fourth-order valence-electron chi connectivity index (χ4n) is 2.29. The van der Waals surface area contributed by atoms with Crippen molar-refractivity contribution in [3.05, 3.63) is 29.6 Å². The smallest absolute Gasteiger partial charge is 0.413 e. The van der Waals surface area contributed by atoms with Gasteiger partial charge in [0.15, 0.2) is 0 Å². The van der Waals surface area contributed by atoms with E-state index in [0.29, 0.717) is 11.3 Å². The zero-order valence-corrected chi connectivity index (χ0v) is 13.8. The van der Waals surface area contributed by atoms with Crippen LogP contribution in [0.4, 0.5) is 14.9 Å². The Labute approximate surface area is 134 Å². The third-order valence-electron chi connectivity index (χ3n) is 3.22. The van der Waals surface area contributed by atoms with E-state index in [1.807, 2.05) is 0 Å². The van der Waals surface area contributed by atoms with E-state index >= 15 is 0 Å². The number of carbonyl (C=O) groups excluding carboxylic acids is 1. The second kappa shape index (κ2) is 6.16. The van der Waals surface area contributed by atoms with Gasteiger partial charge in [-0.15, -0.1) is 0 Å². The van der Waals surface area contributed by atoms with Crippen molar-refractivity contribution in [2.24, 2.45) is 4.99 Å². The predicted molar refractivity (Wildman–Crippen MR) is 85.8 cm³/mol. The number of benzene rings is 1. The Morgan fingerprint density at radius 3 is 2.83 bits per heavy atom. The van der Waals surface area contributed by atoms with Gasteiger partial charge in [-0.1, -0.05) is 0 Å². The molecule has 0 radical (unpaired) electrons. The molecule has 1 aliphatic rings. The van der Waals surface area contributed by atoms with Gasteiger partial charge in [0.05, 0.1) is 6.61 Å². The number of amidine groups is 1. The predicted octanol–water partition coefficient (Wildman–Crippen LogP) is 2.58. The van der Waals surface area contributed by atoms with E-state index in [0.717, 1.165) is 0 Å². The number of anilines is 1. The molecule has 0 aromatic heterocycles. The average Bonchev–Trinajstić information content (AvgIpc) is 2.39. The molecular weight excluding hydrogens is 301 g/mol. The Morgan fingerprint density at radius 1 is 1.48 bits per heavy atom. The molecule has 0 saturated heterocycles. The van der Waals surface area contributed by atoms with Crippen molar-refractivity contribution in [3.63, 3.8) is 0 Å². The number of hydrogen-bond donors (Lipinski definition) is 2. The molecule has 1 heterocycles. The van der Waals surface area contributed by atoms with E-state index in [-0.39, 0.29) is 19.0 Å². The minimum Gasteiger partial charge on any atom is -0.444 e. The Balaban J connectivity index is 2.23. The number of nitrogen functional groups attached to an aromatic ring is 1. The zero-order chi connectivity index (χ0) is 17.3. The van der Waals surface area contributed by atoms with Gasteiger partial charge in [0, 0.05) is 11.3 Å². The van der Waals surface area contributed by atoms with Crippen LogP contribution in [-0.4, -0.2) is 30.7 Å². The third kappa shape index (κ3) is 4.41. The van der Waals surface area contributed by atoms with Gasteiger partial charge in [0.25, 0.3) is 0 Å². The molecule has 0 saturated carbocycles. The number of alkyl carbamates (subject to hydrolysis) is 1. The summed E-state index contributed by atoms with van der Waals surface area (Å²) in [5.74, 6) is -0.137. The molecule has 1 atom stereocenters. The Morgan fingerprint density at radius 2 is 2.17 bits per heavy atom. The summed E-state index contributed by atoms with van der Waals surface area (Å²) in [5, 5.41) is 2.54. The average molecular weight is 323 g/mol. The van der Waals surface area contributed by atoms with Crippen LogP contribution in [0.3, 0.4) is 0 Å². The Kier molecular flexibility index (Phi) is 4.61. The standard InChI is InChI=1S/C16H22FN3O3/c1-15(2,3)23-14(21)19-13-8-22-9-16(4,20-13)11-7-10(18)5-6-12(11)17/h5-7H,8-9,18H2,1-4H3,(H,19,20,21)/t16-/m1/s1. The van der Waals surface area contributed by atoms with Gasteiger partial charge in [-0.25, -0.2) is 9.18 Å². The molecule has 23 heavy (non-hydrogen) atoms. The molecule has 0 spiro atoms. The summed E-state index contributed by atoms with van der Waals surface area (Å²) < 4.78 is 24.8.